The Morgan fingerprint density at radius 3 is 1.30 bits per heavy atom. The van der Waals surface area contributed by atoms with Gasteiger partial charge in [-0.1, -0.05) is 91.9 Å². The summed E-state index contributed by atoms with van der Waals surface area (Å²) < 4.78 is 0. The Labute approximate surface area is 164 Å². The molecule has 23 heavy (non-hydrogen) atoms. The van der Waals surface area contributed by atoms with E-state index in [0.29, 0.717) is 0 Å². The van der Waals surface area contributed by atoms with E-state index in [1.807, 2.05) is 0 Å². The minimum absolute atomic E-state index is 0. The van der Waals surface area contributed by atoms with Crippen LogP contribution in [0.15, 0.2) is 34.4 Å². The van der Waals surface area contributed by atoms with Gasteiger partial charge in [-0.25, -0.2) is 22.3 Å². The quantitative estimate of drug-likeness (QED) is 0.382. The molecule has 126 valence electrons. The van der Waals surface area contributed by atoms with Gasteiger partial charge in [0.25, 0.3) is 0 Å². The van der Waals surface area contributed by atoms with Crippen LogP contribution in [0.25, 0.3) is 0 Å². The molecule has 2 aliphatic carbocycles. The topological polar surface area (TPSA) is 0 Å². The van der Waals surface area contributed by atoms with E-state index in [1.54, 1.807) is 11.1 Å². The minimum atomic E-state index is 0. The summed E-state index contributed by atoms with van der Waals surface area (Å²) >= 11 is 0. The SMILES string of the molecule is CCCC1=C(CCC)CC=[C-]1.CCCC1=C(CCC)CC=[C-]1.[Zr+2]. The maximum absolute atomic E-state index is 3.35. The molecule has 1 heteroatoms. The molecule has 2 aliphatic rings. The van der Waals surface area contributed by atoms with Gasteiger partial charge in [-0.05, 0) is 0 Å². The summed E-state index contributed by atoms with van der Waals surface area (Å²) in [5.74, 6) is 0. The molecular weight excluding hydrogens is 355 g/mol. The van der Waals surface area contributed by atoms with Gasteiger partial charge in [-0.15, -0.1) is 0 Å². The monoisotopic (exact) mass is 388 g/mol. The van der Waals surface area contributed by atoms with Gasteiger partial charge in [-0.2, -0.15) is 12.2 Å². The number of allylic oxidation sites excluding steroid dienone is 8. The van der Waals surface area contributed by atoms with Crippen molar-refractivity contribution >= 4 is 0 Å². The second kappa shape index (κ2) is 14.2. The van der Waals surface area contributed by atoms with E-state index in [4.69, 9.17) is 0 Å². The van der Waals surface area contributed by atoms with Crippen LogP contribution in [-0.4, -0.2) is 0 Å². The fourth-order valence-electron chi connectivity index (χ4n) is 3.15. The number of hydrogen-bond donors (Lipinski definition) is 0. The van der Waals surface area contributed by atoms with E-state index in [2.05, 4.69) is 52.0 Å². The fourth-order valence-corrected chi connectivity index (χ4v) is 3.15. The van der Waals surface area contributed by atoms with Crippen LogP contribution in [0, 0.1) is 12.2 Å². The molecule has 0 bridgehead atoms. The Morgan fingerprint density at radius 1 is 0.652 bits per heavy atom. The van der Waals surface area contributed by atoms with E-state index < -0.39 is 0 Å². The van der Waals surface area contributed by atoms with E-state index in [1.165, 1.54) is 75.4 Å². The van der Waals surface area contributed by atoms with Crippen LogP contribution >= 0.6 is 0 Å². The maximum atomic E-state index is 3.35. The van der Waals surface area contributed by atoms with Gasteiger partial charge in [-0.3, -0.25) is 12.2 Å². The molecule has 0 heterocycles. The van der Waals surface area contributed by atoms with Gasteiger partial charge in [0.15, 0.2) is 0 Å². The largest absolute Gasteiger partial charge is 2.00 e. The molecular formula is C22H34Zr. The average molecular weight is 390 g/mol. The van der Waals surface area contributed by atoms with E-state index in [0.717, 1.165) is 0 Å². The van der Waals surface area contributed by atoms with Crippen molar-refractivity contribution in [1.82, 2.24) is 0 Å². The van der Waals surface area contributed by atoms with Crippen molar-refractivity contribution < 1.29 is 26.2 Å². The third-order valence-corrected chi connectivity index (χ3v) is 4.21. The Kier molecular flexibility index (Phi) is 14.1. The van der Waals surface area contributed by atoms with Crippen LogP contribution in [0.2, 0.25) is 0 Å². The summed E-state index contributed by atoms with van der Waals surface area (Å²) in [6, 6.07) is 0. The minimum Gasteiger partial charge on any atom is -0.253 e. The maximum Gasteiger partial charge on any atom is 2.00 e. The van der Waals surface area contributed by atoms with Gasteiger partial charge < -0.3 is 0 Å². The van der Waals surface area contributed by atoms with Crippen molar-refractivity contribution in [1.29, 1.82) is 0 Å². The zero-order valence-corrected chi connectivity index (χ0v) is 18.2. The van der Waals surface area contributed by atoms with Gasteiger partial charge in [0.1, 0.15) is 0 Å². The number of hydrogen-bond acceptors (Lipinski definition) is 0. The normalized spacial score (nSPS) is 15.8. The smallest absolute Gasteiger partial charge is 0.253 e. The average Bonchev–Trinajstić information content (AvgIpc) is 3.12. The van der Waals surface area contributed by atoms with E-state index in [-0.39, 0.29) is 26.2 Å². The first-order chi connectivity index (χ1) is 10.8. The molecule has 0 saturated heterocycles. The zero-order valence-electron chi connectivity index (χ0n) is 15.7. The van der Waals surface area contributed by atoms with Gasteiger partial charge >= 0.3 is 26.2 Å². The molecule has 0 spiro atoms. The van der Waals surface area contributed by atoms with Crippen molar-refractivity contribution in [2.75, 3.05) is 0 Å². The molecule has 0 amide bonds. The first kappa shape index (κ1) is 22.8. The van der Waals surface area contributed by atoms with Crippen LogP contribution in [0.4, 0.5) is 0 Å². The summed E-state index contributed by atoms with van der Waals surface area (Å²) in [6.07, 6.45) is 23.5. The zero-order chi connectivity index (χ0) is 16.2. The molecule has 0 aromatic heterocycles. The van der Waals surface area contributed by atoms with Crippen molar-refractivity contribution in [3.63, 3.8) is 0 Å². The Bertz CT molecular complexity index is 393. The molecule has 0 nitrogen and oxygen atoms in total. The summed E-state index contributed by atoms with van der Waals surface area (Å²) in [7, 11) is 0. The predicted molar refractivity (Wildman–Crippen MR) is 98.5 cm³/mol. The molecule has 0 N–H and O–H groups in total. The molecule has 0 aromatic rings. The van der Waals surface area contributed by atoms with E-state index >= 15 is 0 Å². The Balaban J connectivity index is 0.000000403. The van der Waals surface area contributed by atoms with Crippen molar-refractivity contribution in [3.8, 4) is 0 Å². The third kappa shape index (κ3) is 8.48. The second-order valence-electron chi connectivity index (χ2n) is 6.27. The van der Waals surface area contributed by atoms with Crippen LogP contribution in [0.5, 0.6) is 0 Å². The van der Waals surface area contributed by atoms with Crippen LogP contribution in [-0.2, 0) is 26.2 Å². The molecule has 0 saturated carbocycles. The number of rotatable bonds is 8. The first-order valence-corrected chi connectivity index (χ1v) is 9.34. The second-order valence-corrected chi connectivity index (χ2v) is 6.27. The Morgan fingerprint density at radius 2 is 1.00 bits per heavy atom. The molecule has 0 atom stereocenters. The molecule has 0 fully saturated rings. The molecule has 0 aliphatic heterocycles. The molecule has 0 unspecified atom stereocenters. The summed E-state index contributed by atoms with van der Waals surface area (Å²) in [5.41, 5.74) is 6.26. The standard InChI is InChI=1S/2C11H17.Zr/c2*1-3-6-10-8-5-9-11(10)7-4-2;/h2*5H,3-4,6-8H2,1-2H3;/q2*-1;+2. The summed E-state index contributed by atoms with van der Waals surface area (Å²) in [5, 5.41) is 0. The first-order valence-electron chi connectivity index (χ1n) is 9.34. The van der Waals surface area contributed by atoms with Gasteiger partial charge in [0.05, 0.1) is 0 Å². The van der Waals surface area contributed by atoms with E-state index in [9.17, 15) is 0 Å². The molecule has 0 radical (unpaired) electrons. The van der Waals surface area contributed by atoms with Crippen LogP contribution in [0.1, 0.15) is 91.9 Å². The van der Waals surface area contributed by atoms with Gasteiger partial charge in [0, 0.05) is 0 Å². The van der Waals surface area contributed by atoms with Crippen LogP contribution < -0.4 is 0 Å². The van der Waals surface area contributed by atoms with Crippen molar-refractivity contribution in [3.05, 3.63) is 46.6 Å². The summed E-state index contributed by atoms with van der Waals surface area (Å²) in [6.45, 7) is 8.96. The Hall–Kier alpha value is -0.157. The van der Waals surface area contributed by atoms with Crippen molar-refractivity contribution in [2.45, 2.75) is 91.9 Å². The molecule has 0 aromatic carbocycles. The summed E-state index contributed by atoms with van der Waals surface area (Å²) in [4.78, 5) is 0. The fraction of sp³-hybridized carbons (Fsp3) is 0.636. The van der Waals surface area contributed by atoms with Crippen molar-refractivity contribution in [2.24, 2.45) is 0 Å². The predicted octanol–water partition coefficient (Wildman–Crippen LogP) is 7.29. The third-order valence-electron chi connectivity index (χ3n) is 4.21. The van der Waals surface area contributed by atoms with Crippen LogP contribution in [0.3, 0.4) is 0 Å². The molecule has 2 rings (SSSR count). The van der Waals surface area contributed by atoms with Gasteiger partial charge in [0.2, 0.25) is 0 Å².